The molecule has 8 nitrogen and oxygen atoms in total. The first-order valence-electron chi connectivity index (χ1n) is 8.34. The lowest BCUT2D eigenvalue weighted by Gasteiger charge is -2.20. The highest BCUT2D eigenvalue weighted by Crippen LogP contribution is 2.29. The Morgan fingerprint density at radius 3 is 2.48 bits per heavy atom. The lowest BCUT2D eigenvalue weighted by molar-refractivity contribution is -0.121. The summed E-state index contributed by atoms with van der Waals surface area (Å²) in [6, 6.07) is 6.26. The Morgan fingerprint density at radius 1 is 1.22 bits per heavy atom. The molecule has 0 saturated carbocycles. The van der Waals surface area contributed by atoms with E-state index in [0.717, 1.165) is 0 Å². The highest BCUT2D eigenvalue weighted by atomic mass is 32.2. The first-order valence-corrected chi connectivity index (χ1v) is 10.1. The van der Waals surface area contributed by atoms with Crippen molar-refractivity contribution in [2.75, 3.05) is 14.2 Å². The molecule has 0 bridgehead atoms. The molecule has 2 aromatic rings. The topological polar surface area (TPSA) is 108 Å². The van der Waals surface area contributed by atoms with E-state index >= 15 is 0 Å². The number of ether oxygens (including phenoxy) is 2. The molecule has 2 rings (SSSR count). The third-order valence-electron chi connectivity index (χ3n) is 4.20. The van der Waals surface area contributed by atoms with Crippen molar-refractivity contribution in [3.63, 3.8) is 0 Å². The molecule has 0 spiro atoms. The minimum Gasteiger partial charge on any atom is -0.497 e. The van der Waals surface area contributed by atoms with E-state index in [2.05, 4.69) is 10.5 Å². The predicted octanol–water partition coefficient (Wildman–Crippen LogP) is 2.18. The second kappa shape index (κ2) is 8.43. The van der Waals surface area contributed by atoms with Crippen LogP contribution in [-0.4, -0.2) is 39.0 Å². The molecular weight excluding hydrogens is 372 g/mol. The van der Waals surface area contributed by atoms with Crippen molar-refractivity contribution in [3.8, 4) is 11.5 Å². The summed E-state index contributed by atoms with van der Waals surface area (Å²) < 4.78 is 40.4. The van der Waals surface area contributed by atoms with E-state index in [9.17, 15) is 13.2 Å². The lowest BCUT2D eigenvalue weighted by Crippen LogP contribution is -2.39. The summed E-state index contributed by atoms with van der Waals surface area (Å²) in [5, 5.41) is 5.16. The standard InChI is InChI=1S/C18H24N2O6S/c1-11-8-14(20-26-11)10-27(22,23)13(3)18(21)19-12(2)16-9-15(24-4)6-7-17(16)25-5/h6-9,12-13H,10H2,1-5H3,(H,19,21). The van der Waals surface area contributed by atoms with Gasteiger partial charge in [-0.1, -0.05) is 5.16 Å². The van der Waals surface area contributed by atoms with Gasteiger partial charge in [-0.2, -0.15) is 0 Å². The molecule has 2 unspecified atom stereocenters. The molecular formula is C18H24N2O6S. The van der Waals surface area contributed by atoms with Crippen LogP contribution < -0.4 is 14.8 Å². The first-order chi connectivity index (χ1) is 12.7. The van der Waals surface area contributed by atoms with Gasteiger partial charge in [-0.25, -0.2) is 8.42 Å². The molecule has 1 aromatic carbocycles. The Bertz CT molecular complexity index is 906. The average molecular weight is 396 g/mol. The zero-order valence-corrected chi connectivity index (χ0v) is 16.8. The van der Waals surface area contributed by atoms with Crippen LogP contribution in [0.3, 0.4) is 0 Å². The fourth-order valence-corrected chi connectivity index (χ4v) is 3.76. The molecule has 2 atom stereocenters. The van der Waals surface area contributed by atoms with Crippen LogP contribution in [-0.2, 0) is 20.4 Å². The summed E-state index contributed by atoms with van der Waals surface area (Å²) in [5.41, 5.74) is 0.955. The molecule has 0 aliphatic heterocycles. The van der Waals surface area contributed by atoms with Crippen LogP contribution >= 0.6 is 0 Å². The minimum absolute atomic E-state index is 0.273. The molecule has 9 heteroatoms. The van der Waals surface area contributed by atoms with Gasteiger partial charge < -0.3 is 19.3 Å². The number of hydrogen-bond acceptors (Lipinski definition) is 7. The van der Waals surface area contributed by atoms with Crippen molar-refractivity contribution in [2.45, 2.75) is 37.8 Å². The number of sulfone groups is 1. The smallest absolute Gasteiger partial charge is 0.238 e. The maximum atomic E-state index is 12.5. The fourth-order valence-electron chi connectivity index (χ4n) is 2.57. The number of carbonyl (C=O) groups is 1. The lowest BCUT2D eigenvalue weighted by atomic mass is 10.1. The van der Waals surface area contributed by atoms with Crippen molar-refractivity contribution in [2.24, 2.45) is 0 Å². The summed E-state index contributed by atoms with van der Waals surface area (Å²) >= 11 is 0. The summed E-state index contributed by atoms with van der Waals surface area (Å²) in [6.45, 7) is 4.77. The van der Waals surface area contributed by atoms with Crippen LogP contribution in [0.2, 0.25) is 0 Å². The number of aromatic nitrogens is 1. The molecule has 0 saturated heterocycles. The fraction of sp³-hybridized carbons (Fsp3) is 0.444. The molecule has 1 aromatic heterocycles. The predicted molar refractivity (Wildman–Crippen MR) is 99.4 cm³/mol. The maximum absolute atomic E-state index is 12.5. The normalized spacial score (nSPS) is 13.7. The van der Waals surface area contributed by atoms with E-state index < -0.39 is 27.0 Å². The Kier molecular flexibility index (Phi) is 6.48. The second-order valence-corrected chi connectivity index (χ2v) is 8.54. The molecule has 0 aliphatic carbocycles. The van der Waals surface area contributed by atoms with Crippen LogP contribution in [0.15, 0.2) is 28.8 Å². The van der Waals surface area contributed by atoms with E-state index in [0.29, 0.717) is 22.8 Å². The van der Waals surface area contributed by atoms with E-state index in [4.69, 9.17) is 14.0 Å². The van der Waals surface area contributed by atoms with Gasteiger partial charge in [0.25, 0.3) is 0 Å². The van der Waals surface area contributed by atoms with E-state index in [1.165, 1.54) is 27.2 Å². The zero-order valence-electron chi connectivity index (χ0n) is 16.0. The average Bonchev–Trinajstić information content (AvgIpc) is 3.04. The Balaban J connectivity index is 2.13. The van der Waals surface area contributed by atoms with Crippen molar-refractivity contribution in [3.05, 3.63) is 41.3 Å². The highest BCUT2D eigenvalue weighted by molar-refractivity contribution is 7.92. The van der Waals surface area contributed by atoms with E-state index in [1.807, 2.05) is 0 Å². The van der Waals surface area contributed by atoms with E-state index in [1.54, 1.807) is 32.0 Å². The van der Waals surface area contributed by atoms with Crippen LogP contribution in [0.1, 0.15) is 36.9 Å². The van der Waals surface area contributed by atoms with Gasteiger partial charge in [-0.3, -0.25) is 4.79 Å². The van der Waals surface area contributed by atoms with Gasteiger partial charge in [-0.15, -0.1) is 0 Å². The van der Waals surface area contributed by atoms with E-state index in [-0.39, 0.29) is 11.4 Å². The summed E-state index contributed by atoms with van der Waals surface area (Å²) in [7, 11) is -0.689. The summed E-state index contributed by atoms with van der Waals surface area (Å²) in [5.74, 6) is 0.713. The van der Waals surface area contributed by atoms with Gasteiger partial charge in [0.05, 0.1) is 31.7 Å². The Labute approximate surface area is 158 Å². The van der Waals surface area contributed by atoms with Crippen LogP contribution in [0.25, 0.3) is 0 Å². The van der Waals surface area contributed by atoms with Gasteiger partial charge in [0.2, 0.25) is 5.91 Å². The second-order valence-electron chi connectivity index (χ2n) is 6.22. The number of carbonyl (C=O) groups excluding carboxylic acids is 1. The van der Waals surface area contributed by atoms with Gasteiger partial charge in [0.1, 0.15) is 22.5 Å². The quantitative estimate of drug-likeness (QED) is 0.728. The minimum atomic E-state index is -3.75. The molecule has 27 heavy (non-hydrogen) atoms. The molecule has 0 fully saturated rings. The van der Waals surface area contributed by atoms with Gasteiger partial charge in [-0.05, 0) is 39.0 Å². The number of hydrogen-bond donors (Lipinski definition) is 1. The summed E-state index contributed by atoms with van der Waals surface area (Å²) in [4.78, 5) is 12.5. The zero-order chi connectivity index (χ0) is 20.2. The summed E-state index contributed by atoms with van der Waals surface area (Å²) in [6.07, 6.45) is 0. The third kappa shape index (κ3) is 5.00. The van der Waals surface area contributed by atoms with Crippen molar-refractivity contribution < 1.29 is 27.2 Å². The Hall–Kier alpha value is -2.55. The number of amides is 1. The number of rotatable bonds is 8. The molecule has 148 valence electrons. The molecule has 1 heterocycles. The van der Waals surface area contributed by atoms with Gasteiger partial charge >= 0.3 is 0 Å². The number of methoxy groups -OCH3 is 2. The molecule has 1 amide bonds. The third-order valence-corrected chi connectivity index (χ3v) is 6.19. The van der Waals surface area contributed by atoms with Crippen molar-refractivity contribution in [1.29, 1.82) is 0 Å². The van der Waals surface area contributed by atoms with Crippen LogP contribution in [0.4, 0.5) is 0 Å². The van der Waals surface area contributed by atoms with Crippen molar-refractivity contribution in [1.82, 2.24) is 10.5 Å². The molecule has 1 N–H and O–H groups in total. The highest BCUT2D eigenvalue weighted by Gasteiger charge is 2.30. The maximum Gasteiger partial charge on any atom is 0.238 e. The SMILES string of the molecule is COc1ccc(OC)c(C(C)NC(=O)C(C)S(=O)(=O)Cc2cc(C)on2)c1. The molecule has 0 radical (unpaired) electrons. The molecule has 0 aliphatic rings. The number of benzene rings is 1. The largest absolute Gasteiger partial charge is 0.497 e. The van der Waals surface area contributed by atoms with Crippen molar-refractivity contribution >= 4 is 15.7 Å². The number of nitrogens with one attached hydrogen (secondary N) is 1. The van der Waals surface area contributed by atoms with Gasteiger partial charge in [0, 0.05) is 11.6 Å². The number of aryl methyl sites for hydroxylation is 1. The van der Waals surface area contributed by atoms with Crippen LogP contribution in [0.5, 0.6) is 11.5 Å². The Morgan fingerprint density at radius 2 is 1.93 bits per heavy atom. The monoisotopic (exact) mass is 396 g/mol. The van der Waals surface area contributed by atoms with Gasteiger partial charge in [0.15, 0.2) is 9.84 Å². The number of nitrogens with zero attached hydrogens (tertiary/aromatic N) is 1. The van der Waals surface area contributed by atoms with Crippen LogP contribution in [0, 0.1) is 6.92 Å². The first kappa shape index (κ1) is 20.8.